The van der Waals surface area contributed by atoms with Crippen LogP contribution in [0.4, 0.5) is 4.39 Å². The van der Waals surface area contributed by atoms with E-state index in [4.69, 9.17) is 16.3 Å². The van der Waals surface area contributed by atoms with Crippen LogP contribution in [0.5, 0.6) is 0 Å². The third-order valence-electron chi connectivity index (χ3n) is 2.84. The Labute approximate surface area is 125 Å². The lowest BCUT2D eigenvalue weighted by Crippen LogP contribution is -2.29. The molecule has 3 nitrogen and oxygen atoms in total. The second-order valence-electron chi connectivity index (χ2n) is 4.09. The summed E-state index contributed by atoms with van der Waals surface area (Å²) in [4.78, 5) is 12.0. The highest BCUT2D eigenvalue weighted by molar-refractivity contribution is 7.07. The number of hydrogen-bond acceptors (Lipinski definition) is 3. The molecule has 0 radical (unpaired) electrons. The van der Waals surface area contributed by atoms with Crippen molar-refractivity contribution in [2.75, 3.05) is 13.7 Å². The summed E-state index contributed by atoms with van der Waals surface area (Å²) < 4.78 is 18.9. The Morgan fingerprint density at radius 1 is 1.50 bits per heavy atom. The summed E-state index contributed by atoms with van der Waals surface area (Å²) in [5.74, 6) is -1.19. The van der Waals surface area contributed by atoms with Gasteiger partial charge in [-0.05, 0) is 34.5 Å². The van der Waals surface area contributed by atoms with Crippen LogP contribution < -0.4 is 5.32 Å². The third kappa shape index (κ3) is 3.36. The number of methoxy groups -OCH3 is 1. The Morgan fingerprint density at radius 2 is 2.30 bits per heavy atom. The molecule has 6 heteroatoms. The summed E-state index contributed by atoms with van der Waals surface area (Å²) in [6.45, 7) is 0.247. The molecule has 1 aromatic carbocycles. The minimum Gasteiger partial charge on any atom is -0.375 e. The number of carbonyl (C=O) groups is 1. The molecular weight excluding hydrogens is 301 g/mol. The smallest absolute Gasteiger partial charge is 0.255 e. The van der Waals surface area contributed by atoms with E-state index in [0.29, 0.717) is 0 Å². The van der Waals surface area contributed by atoms with Gasteiger partial charge in [-0.2, -0.15) is 11.3 Å². The average Bonchev–Trinajstić information content (AvgIpc) is 2.93. The zero-order valence-corrected chi connectivity index (χ0v) is 12.3. The van der Waals surface area contributed by atoms with E-state index in [0.717, 1.165) is 5.56 Å². The molecule has 0 aliphatic heterocycles. The fourth-order valence-corrected chi connectivity index (χ4v) is 2.73. The number of hydrogen-bond donors (Lipinski definition) is 1. The van der Waals surface area contributed by atoms with Gasteiger partial charge in [-0.3, -0.25) is 4.79 Å². The van der Waals surface area contributed by atoms with Crippen LogP contribution >= 0.6 is 22.9 Å². The molecule has 1 N–H and O–H groups in total. The maximum Gasteiger partial charge on any atom is 0.255 e. The van der Waals surface area contributed by atoms with Crippen molar-refractivity contribution in [2.24, 2.45) is 0 Å². The van der Waals surface area contributed by atoms with Crippen LogP contribution in [-0.2, 0) is 4.74 Å². The maximum atomic E-state index is 13.6. The largest absolute Gasteiger partial charge is 0.375 e. The van der Waals surface area contributed by atoms with Gasteiger partial charge in [-0.15, -0.1) is 0 Å². The summed E-state index contributed by atoms with van der Waals surface area (Å²) in [7, 11) is 1.56. The highest BCUT2D eigenvalue weighted by atomic mass is 35.5. The van der Waals surface area contributed by atoms with Gasteiger partial charge in [-0.25, -0.2) is 4.39 Å². The van der Waals surface area contributed by atoms with Crippen LogP contribution in [0, 0.1) is 5.82 Å². The monoisotopic (exact) mass is 313 g/mol. The van der Waals surface area contributed by atoms with E-state index in [-0.39, 0.29) is 23.2 Å². The Balaban J connectivity index is 2.05. The zero-order valence-electron chi connectivity index (χ0n) is 10.7. The van der Waals surface area contributed by atoms with Gasteiger partial charge in [0.05, 0.1) is 10.6 Å². The van der Waals surface area contributed by atoms with E-state index in [1.807, 2.05) is 16.8 Å². The molecule has 0 saturated carbocycles. The molecule has 1 amide bonds. The fraction of sp³-hybridized carbons (Fsp3) is 0.214. The number of rotatable bonds is 5. The molecule has 1 aromatic heterocycles. The Hall–Kier alpha value is -1.43. The van der Waals surface area contributed by atoms with Crippen molar-refractivity contribution >= 4 is 28.8 Å². The van der Waals surface area contributed by atoms with Gasteiger partial charge >= 0.3 is 0 Å². The van der Waals surface area contributed by atoms with Gasteiger partial charge in [0, 0.05) is 13.7 Å². The van der Waals surface area contributed by atoms with Gasteiger partial charge in [0.1, 0.15) is 11.9 Å². The highest BCUT2D eigenvalue weighted by Gasteiger charge is 2.18. The molecule has 0 spiro atoms. The summed E-state index contributed by atoms with van der Waals surface area (Å²) in [6, 6.07) is 6.05. The fourth-order valence-electron chi connectivity index (χ4n) is 1.78. The van der Waals surface area contributed by atoms with Crippen molar-refractivity contribution in [1.29, 1.82) is 0 Å². The summed E-state index contributed by atoms with van der Waals surface area (Å²) >= 11 is 7.39. The number of thiophene rings is 1. The molecule has 1 heterocycles. The second-order valence-corrected chi connectivity index (χ2v) is 5.27. The number of nitrogens with one attached hydrogen (secondary N) is 1. The van der Waals surface area contributed by atoms with Crippen LogP contribution in [-0.4, -0.2) is 19.6 Å². The molecular formula is C14H13ClFNO2S. The van der Waals surface area contributed by atoms with Gasteiger partial charge in [-0.1, -0.05) is 17.7 Å². The lowest BCUT2D eigenvalue weighted by atomic mass is 10.1. The molecule has 2 aromatic rings. The van der Waals surface area contributed by atoms with Crippen LogP contribution in [0.25, 0.3) is 0 Å². The molecule has 106 valence electrons. The SMILES string of the molecule is COC(CNC(=O)c1c(F)cccc1Cl)c1ccsc1. The van der Waals surface area contributed by atoms with E-state index in [1.165, 1.54) is 18.2 Å². The molecule has 0 fully saturated rings. The van der Waals surface area contributed by atoms with Crippen molar-refractivity contribution < 1.29 is 13.9 Å². The Morgan fingerprint density at radius 3 is 2.90 bits per heavy atom. The van der Waals surface area contributed by atoms with E-state index < -0.39 is 11.7 Å². The summed E-state index contributed by atoms with van der Waals surface area (Å²) in [5, 5.41) is 6.59. The van der Waals surface area contributed by atoms with Gasteiger partial charge in [0.15, 0.2) is 0 Å². The Kier molecular flexibility index (Phi) is 5.11. The molecule has 1 atom stereocenters. The van der Waals surface area contributed by atoms with Crippen molar-refractivity contribution in [3.63, 3.8) is 0 Å². The predicted molar refractivity (Wildman–Crippen MR) is 77.8 cm³/mol. The molecule has 2 rings (SSSR count). The van der Waals surface area contributed by atoms with Gasteiger partial charge in [0.25, 0.3) is 5.91 Å². The summed E-state index contributed by atoms with van der Waals surface area (Å²) in [6.07, 6.45) is -0.268. The van der Waals surface area contributed by atoms with Crippen molar-refractivity contribution in [3.05, 3.63) is 57.0 Å². The highest BCUT2D eigenvalue weighted by Crippen LogP contribution is 2.21. The van der Waals surface area contributed by atoms with Crippen molar-refractivity contribution in [2.45, 2.75) is 6.10 Å². The third-order valence-corrected chi connectivity index (χ3v) is 3.85. The first-order chi connectivity index (χ1) is 9.63. The summed E-state index contributed by atoms with van der Waals surface area (Å²) in [5.41, 5.74) is 0.826. The number of amides is 1. The standard InChI is InChI=1S/C14H13ClFNO2S/c1-19-12(9-5-6-20-8-9)7-17-14(18)13-10(15)3-2-4-11(13)16/h2-6,8,12H,7H2,1H3,(H,17,18). The number of halogens is 2. The van der Waals surface area contributed by atoms with Crippen LogP contribution in [0.2, 0.25) is 5.02 Å². The number of ether oxygens (including phenoxy) is 1. The van der Waals surface area contributed by atoms with E-state index in [9.17, 15) is 9.18 Å². The van der Waals surface area contributed by atoms with Crippen LogP contribution in [0.15, 0.2) is 35.0 Å². The van der Waals surface area contributed by atoms with E-state index in [1.54, 1.807) is 18.4 Å². The topological polar surface area (TPSA) is 38.3 Å². The quantitative estimate of drug-likeness (QED) is 0.915. The molecule has 0 bridgehead atoms. The minimum atomic E-state index is -0.639. The molecule has 0 saturated heterocycles. The lowest BCUT2D eigenvalue weighted by molar-refractivity contribution is 0.0826. The molecule has 20 heavy (non-hydrogen) atoms. The lowest BCUT2D eigenvalue weighted by Gasteiger charge is -2.15. The normalized spacial score (nSPS) is 12.2. The number of benzene rings is 1. The predicted octanol–water partition coefficient (Wildman–Crippen LogP) is 3.66. The second kappa shape index (κ2) is 6.83. The van der Waals surface area contributed by atoms with Gasteiger partial charge in [0.2, 0.25) is 0 Å². The van der Waals surface area contributed by atoms with Crippen molar-refractivity contribution in [3.8, 4) is 0 Å². The molecule has 1 unspecified atom stereocenters. The Bertz CT molecular complexity index is 569. The zero-order chi connectivity index (χ0) is 14.5. The first kappa shape index (κ1) is 15.0. The molecule has 0 aliphatic carbocycles. The first-order valence-corrected chi connectivity index (χ1v) is 7.22. The van der Waals surface area contributed by atoms with Crippen LogP contribution in [0.3, 0.4) is 0 Å². The first-order valence-electron chi connectivity index (χ1n) is 5.90. The molecule has 0 aliphatic rings. The van der Waals surface area contributed by atoms with E-state index in [2.05, 4.69) is 5.32 Å². The van der Waals surface area contributed by atoms with Crippen LogP contribution in [0.1, 0.15) is 22.0 Å². The van der Waals surface area contributed by atoms with Gasteiger partial charge < -0.3 is 10.1 Å². The number of carbonyl (C=O) groups excluding carboxylic acids is 1. The minimum absolute atomic E-state index is 0.0898. The maximum absolute atomic E-state index is 13.6. The van der Waals surface area contributed by atoms with Crippen molar-refractivity contribution in [1.82, 2.24) is 5.32 Å². The van der Waals surface area contributed by atoms with E-state index >= 15 is 0 Å². The average molecular weight is 314 g/mol.